The summed E-state index contributed by atoms with van der Waals surface area (Å²) < 4.78 is 24.9. The maximum Gasteiger partial charge on any atom is 0.164 e. The van der Waals surface area contributed by atoms with E-state index in [1.807, 2.05) is 38.1 Å². The number of para-hydroxylation sites is 1. The summed E-state index contributed by atoms with van der Waals surface area (Å²) >= 11 is 0. The van der Waals surface area contributed by atoms with Gasteiger partial charge in [-0.2, -0.15) is 0 Å². The Hall–Kier alpha value is -2.07. The SMILES string of the molecule is CCOc1cccc(CC(CN)c2cccc(F)c2)c1OCC. The van der Waals surface area contributed by atoms with E-state index in [0.717, 1.165) is 22.6 Å². The van der Waals surface area contributed by atoms with Gasteiger partial charge in [0.2, 0.25) is 0 Å². The predicted octanol–water partition coefficient (Wildman–Crippen LogP) is 3.91. The summed E-state index contributed by atoms with van der Waals surface area (Å²) in [6, 6.07) is 12.5. The number of rotatable bonds is 8. The molecule has 2 rings (SSSR count). The summed E-state index contributed by atoms with van der Waals surface area (Å²) in [5, 5.41) is 0. The Balaban J connectivity index is 2.31. The molecule has 0 heterocycles. The van der Waals surface area contributed by atoms with Crippen LogP contribution in [0.4, 0.5) is 4.39 Å². The Morgan fingerprint density at radius 1 is 1.04 bits per heavy atom. The van der Waals surface area contributed by atoms with Gasteiger partial charge in [0.05, 0.1) is 13.2 Å². The zero-order valence-corrected chi connectivity index (χ0v) is 13.7. The summed E-state index contributed by atoms with van der Waals surface area (Å²) in [6.07, 6.45) is 0.677. The molecule has 1 atom stereocenters. The zero-order valence-electron chi connectivity index (χ0n) is 13.7. The standard InChI is InChI=1S/C19H24FNO2/c1-3-22-18-10-6-8-15(19(18)23-4-2)11-16(13-21)14-7-5-9-17(20)12-14/h5-10,12,16H,3-4,11,13,21H2,1-2H3. The van der Waals surface area contributed by atoms with Crippen LogP contribution in [-0.2, 0) is 6.42 Å². The molecule has 2 aromatic carbocycles. The van der Waals surface area contributed by atoms with Gasteiger partial charge in [0.1, 0.15) is 5.82 Å². The van der Waals surface area contributed by atoms with Crippen molar-refractivity contribution in [2.45, 2.75) is 26.2 Å². The molecule has 4 heteroatoms. The number of ether oxygens (including phenoxy) is 2. The fourth-order valence-electron chi connectivity index (χ4n) is 2.66. The second kappa shape index (κ2) is 8.53. The van der Waals surface area contributed by atoms with Crippen LogP contribution in [0.3, 0.4) is 0 Å². The van der Waals surface area contributed by atoms with E-state index in [4.69, 9.17) is 15.2 Å². The van der Waals surface area contributed by atoms with E-state index in [1.54, 1.807) is 12.1 Å². The first-order valence-corrected chi connectivity index (χ1v) is 8.02. The monoisotopic (exact) mass is 317 g/mol. The van der Waals surface area contributed by atoms with E-state index in [0.29, 0.717) is 26.2 Å². The van der Waals surface area contributed by atoms with Gasteiger partial charge in [-0.3, -0.25) is 0 Å². The molecule has 3 nitrogen and oxygen atoms in total. The lowest BCUT2D eigenvalue weighted by atomic mass is 9.91. The molecule has 0 saturated heterocycles. The molecular formula is C19H24FNO2. The van der Waals surface area contributed by atoms with Crippen molar-refractivity contribution in [2.24, 2.45) is 5.73 Å². The maximum atomic E-state index is 13.5. The van der Waals surface area contributed by atoms with Crippen molar-refractivity contribution in [3.63, 3.8) is 0 Å². The molecule has 0 aliphatic heterocycles. The molecule has 2 N–H and O–H groups in total. The number of benzene rings is 2. The normalized spacial score (nSPS) is 12.0. The third kappa shape index (κ3) is 4.45. The lowest BCUT2D eigenvalue weighted by molar-refractivity contribution is 0.285. The van der Waals surface area contributed by atoms with Gasteiger partial charge in [0.25, 0.3) is 0 Å². The highest BCUT2D eigenvalue weighted by Crippen LogP contribution is 2.34. The van der Waals surface area contributed by atoms with E-state index < -0.39 is 0 Å². The molecular weight excluding hydrogens is 293 g/mol. The fourth-order valence-corrected chi connectivity index (χ4v) is 2.66. The largest absolute Gasteiger partial charge is 0.490 e. The topological polar surface area (TPSA) is 44.5 Å². The van der Waals surface area contributed by atoms with Crippen molar-refractivity contribution >= 4 is 0 Å². The van der Waals surface area contributed by atoms with Crippen LogP contribution in [0.2, 0.25) is 0 Å². The fraction of sp³-hybridized carbons (Fsp3) is 0.368. The Labute approximate surface area is 137 Å². The Morgan fingerprint density at radius 2 is 1.78 bits per heavy atom. The summed E-state index contributed by atoms with van der Waals surface area (Å²) in [5.74, 6) is 1.28. The third-order valence-corrected chi connectivity index (χ3v) is 3.72. The van der Waals surface area contributed by atoms with Crippen LogP contribution < -0.4 is 15.2 Å². The van der Waals surface area contributed by atoms with Gasteiger partial charge in [-0.1, -0.05) is 24.3 Å². The molecule has 0 aliphatic rings. The van der Waals surface area contributed by atoms with E-state index in [-0.39, 0.29) is 11.7 Å². The Kier molecular flexibility index (Phi) is 6.41. The summed E-state index contributed by atoms with van der Waals surface area (Å²) in [7, 11) is 0. The predicted molar refractivity (Wildman–Crippen MR) is 90.7 cm³/mol. The molecule has 124 valence electrons. The molecule has 23 heavy (non-hydrogen) atoms. The molecule has 0 radical (unpaired) electrons. The van der Waals surface area contributed by atoms with E-state index in [1.165, 1.54) is 6.07 Å². The molecule has 0 spiro atoms. The van der Waals surface area contributed by atoms with Crippen LogP contribution in [0.25, 0.3) is 0 Å². The summed E-state index contributed by atoms with van der Waals surface area (Å²) in [6.45, 7) is 5.46. The van der Waals surface area contributed by atoms with E-state index in [2.05, 4.69) is 0 Å². The highest BCUT2D eigenvalue weighted by Gasteiger charge is 2.17. The number of hydrogen-bond acceptors (Lipinski definition) is 3. The molecule has 2 aromatic rings. The third-order valence-electron chi connectivity index (χ3n) is 3.72. The second-order valence-electron chi connectivity index (χ2n) is 5.30. The minimum absolute atomic E-state index is 0.0294. The van der Waals surface area contributed by atoms with Crippen LogP contribution in [-0.4, -0.2) is 19.8 Å². The van der Waals surface area contributed by atoms with Crippen LogP contribution in [0.5, 0.6) is 11.5 Å². The van der Waals surface area contributed by atoms with Crippen molar-refractivity contribution in [1.29, 1.82) is 0 Å². The van der Waals surface area contributed by atoms with Crippen molar-refractivity contribution in [3.8, 4) is 11.5 Å². The minimum atomic E-state index is -0.242. The van der Waals surface area contributed by atoms with Crippen molar-refractivity contribution in [3.05, 3.63) is 59.4 Å². The molecule has 0 amide bonds. The molecule has 0 aliphatic carbocycles. The van der Waals surface area contributed by atoms with Gasteiger partial charge in [0.15, 0.2) is 11.5 Å². The van der Waals surface area contributed by atoms with Gasteiger partial charge in [-0.25, -0.2) is 4.39 Å². The Morgan fingerprint density at radius 3 is 2.43 bits per heavy atom. The van der Waals surface area contributed by atoms with Gasteiger partial charge in [-0.15, -0.1) is 0 Å². The van der Waals surface area contributed by atoms with E-state index in [9.17, 15) is 4.39 Å². The minimum Gasteiger partial charge on any atom is -0.490 e. The van der Waals surface area contributed by atoms with Gasteiger partial charge < -0.3 is 15.2 Å². The molecule has 0 saturated carbocycles. The number of halogens is 1. The lowest BCUT2D eigenvalue weighted by Gasteiger charge is -2.19. The number of hydrogen-bond donors (Lipinski definition) is 1. The number of nitrogens with two attached hydrogens (primary N) is 1. The first kappa shape index (κ1) is 17.3. The van der Waals surface area contributed by atoms with E-state index >= 15 is 0 Å². The van der Waals surface area contributed by atoms with Crippen LogP contribution in [0.15, 0.2) is 42.5 Å². The van der Waals surface area contributed by atoms with Crippen molar-refractivity contribution in [2.75, 3.05) is 19.8 Å². The smallest absolute Gasteiger partial charge is 0.164 e. The highest BCUT2D eigenvalue weighted by molar-refractivity contribution is 5.47. The average molecular weight is 317 g/mol. The molecule has 0 bridgehead atoms. The van der Waals surface area contributed by atoms with Crippen molar-refractivity contribution in [1.82, 2.24) is 0 Å². The van der Waals surface area contributed by atoms with Gasteiger partial charge in [0, 0.05) is 5.92 Å². The first-order chi connectivity index (χ1) is 11.2. The van der Waals surface area contributed by atoms with Crippen LogP contribution in [0.1, 0.15) is 30.9 Å². The Bertz CT molecular complexity index is 631. The highest BCUT2D eigenvalue weighted by atomic mass is 19.1. The zero-order chi connectivity index (χ0) is 16.7. The summed E-state index contributed by atoms with van der Waals surface area (Å²) in [4.78, 5) is 0. The summed E-state index contributed by atoms with van der Waals surface area (Å²) in [5.41, 5.74) is 7.85. The quantitative estimate of drug-likeness (QED) is 0.803. The van der Waals surface area contributed by atoms with Crippen molar-refractivity contribution < 1.29 is 13.9 Å². The second-order valence-corrected chi connectivity index (χ2v) is 5.30. The van der Waals surface area contributed by atoms with Crippen LogP contribution in [0, 0.1) is 5.82 Å². The van der Waals surface area contributed by atoms with Crippen LogP contribution >= 0.6 is 0 Å². The molecule has 0 fully saturated rings. The molecule has 1 unspecified atom stereocenters. The van der Waals surface area contributed by atoms with Gasteiger partial charge >= 0.3 is 0 Å². The van der Waals surface area contributed by atoms with Gasteiger partial charge in [-0.05, 0) is 56.1 Å². The maximum absolute atomic E-state index is 13.5. The average Bonchev–Trinajstić information content (AvgIpc) is 2.55. The first-order valence-electron chi connectivity index (χ1n) is 8.02. The lowest BCUT2D eigenvalue weighted by Crippen LogP contribution is -2.16. The molecule has 0 aromatic heterocycles.